The van der Waals surface area contributed by atoms with E-state index in [0.29, 0.717) is 27.7 Å². The first-order valence-electron chi connectivity index (χ1n) is 10.9. The van der Waals surface area contributed by atoms with Crippen molar-refractivity contribution in [3.63, 3.8) is 0 Å². The lowest BCUT2D eigenvalue weighted by Crippen LogP contribution is -2.32. The Labute approximate surface area is 213 Å². The molecule has 0 aliphatic heterocycles. The van der Waals surface area contributed by atoms with Crippen molar-refractivity contribution in [2.75, 3.05) is 6.54 Å². The lowest BCUT2D eigenvalue weighted by atomic mass is 9.95. The fourth-order valence-corrected chi connectivity index (χ4v) is 4.42. The summed E-state index contributed by atoms with van der Waals surface area (Å²) in [5.74, 6) is -3.27. The van der Waals surface area contributed by atoms with Gasteiger partial charge in [0.2, 0.25) is 0 Å². The van der Waals surface area contributed by atoms with Crippen LogP contribution in [0.5, 0.6) is 0 Å². The fourth-order valence-electron chi connectivity index (χ4n) is 4.06. The number of aromatic nitrogens is 1. The molecule has 4 rings (SSSR count). The van der Waals surface area contributed by atoms with Crippen LogP contribution in [0.2, 0.25) is 0 Å². The highest BCUT2D eigenvalue weighted by atomic mass is 79.9. The van der Waals surface area contributed by atoms with Crippen LogP contribution in [0.15, 0.2) is 77.3 Å². The van der Waals surface area contributed by atoms with E-state index in [9.17, 15) is 27.9 Å². The predicted octanol–water partition coefficient (Wildman–Crippen LogP) is 6.59. The van der Waals surface area contributed by atoms with Gasteiger partial charge in [0.15, 0.2) is 0 Å². The average Bonchev–Trinajstić information content (AvgIpc) is 2.83. The first kappa shape index (κ1) is 25.4. The van der Waals surface area contributed by atoms with Crippen molar-refractivity contribution in [3.05, 3.63) is 99.5 Å². The van der Waals surface area contributed by atoms with Gasteiger partial charge < -0.3 is 10.4 Å². The predicted molar refractivity (Wildman–Crippen MR) is 134 cm³/mol. The summed E-state index contributed by atoms with van der Waals surface area (Å²) >= 11 is 3.41. The molecule has 184 valence electrons. The largest absolute Gasteiger partial charge is 0.481 e. The van der Waals surface area contributed by atoms with Crippen LogP contribution in [-0.2, 0) is 11.0 Å². The summed E-state index contributed by atoms with van der Waals surface area (Å²) in [6, 6.07) is 18.8. The van der Waals surface area contributed by atoms with Crippen molar-refractivity contribution in [3.8, 4) is 11.3 Å². The van der Waals surface area contributed by atoms with Gasteiger partial charge >= 0.3 is 12.1 Å². The number of halogens is 4. The molecule has 1 aromatic heterocycles. The van der Waals surface area contributed by atoms with Crippen LogP contribution in [0.4, 0.5) is 13.2 Å². The van der Waals surface area contributed by atoms with Crippen LogP contribution in [0, 0.1) is 6.92 Å². The van der Waals surface area contributed by atoms with E-state index in [1.54, 1.807) is 25.1 Å². The average molecular weight is 557 g/mol. The number of benzene rings is 3. The van der Waals surface area contributed by atoms with E-state index in [1.807, 2.05) is 30.3 Å². The van der Waals surface area contributed by atoms with E-state index in [1.165, 1.54) is 6.07 Å². The van der Waals surface area contributed by atoms with Crippen LogP contribution in [0.25, 0.3) is 22.2 Å². The van der Waals surface area contributed by atoms with Gasteiger partial charge in [-0.3, -0.25) is 9.59 Å². The van der Waals surface area contributed by atoms with Crippen molar-refractivity contribution in [1.29, 1.82) is 0 Å². The number of carboxylic acids is 1. The van der Waals surface area contributed by atoms with Crippen molar-refractivity contribution in [2.45, 2.75) is 19.0 Å². The molecule has 5 nitrogen and oxygen atoms in total. The second-order valence-electron chi connectivity index (χ2n) is 8.21. The molecule has 1 atom stereocenters. The molecule has 0 fully saturated rings. The number of nitrogens with zero attached hydrogens (tertiary/aromatic N) is 1. The van der Waals surface area contributed by atoms with Crippen molar-refractivity contribution >= 4 is 38.7 Å². The van der Waals surface area contributed by atoms with E-state index in [-0.39, 0.29) is 5.56 Å². The topological polar surface area (TPSA) is 79.3 Å². The standard InChI is InChI=1S/C27H20BrF3N2O3/c1-15-23(20-13-19(28)10-11-22(20)33-24(15)16-6-3-2-4-7-16)25(34)32-14-21(26(35)36)17-8-5-9-18(12-17)27(29,30)31/h2-13,21H,14H2,1H3,(H,32,34)(H,35,36). The van der Waals surface area contributed by atoms with Crippen molar-refractivity contribution < 1.29 is 27.9 Å². The number of amides is 1. The minimum Gasteiger partial charge on any atom is -0.481 e. The minimum atomic E-state index is -4.61. The van der Waals surface area contributed by atoms with Gasteiger partial charge in [0.05, 0.1) is 28.3 Å². The quantitative estimate of drug-likeness (QED) is 0.281. The summed E-state index contributed by atoms with van der Waals surface area (Å²) in [4.78, 5) is 30.1. The zero-order valence-electron chi connectivity index (χ0n) is 18.9. The summed E-state index contributed by atoms with van der Waals surface area (Å²) in [7, 11) is 0. The van der Waals surface area contributed by atoms with Crippen LogP contribution in [0.3, 0.4) is 0 Å². The molecule has 0 saturated carbocycles. The number of hydrogen-bond donors (Lipinski definition) is 2. The monoisotopic (exact) mass is 556 g/mol. The number of rotatable bonds is 6. The Morgan fingerprint density at radius 2 is 1.75 bits per heavy atom. The Balaban J connectivity index is 1.72. The van der Waals surface area contributed by atoms with Gasteiger partial charge in [0, 0.05) is 22.0 Å². The van der Waals surface area contributed by atoms with Crippen LogP contribution in [-0.4, -0.2) is 28.5 Å². The van der Waals surface area contributed by atoms with E-state index < -0.39 is 36.1 Å². The first-order valence-corrected chi connectivity index (χ1v) is 11.7. The number of pyridine rings is 1. The molecule has 2 N–H and O–H groups in total. The zero-order chi connectivity index (χ0) is 26.0. The molecule has 1 heterocycles. The number of fused-ring (bicyclic) bond motifs is 1. The third-order valence-electron chi connectivity index (χ3n) is 5.85. The zero-order valence-corrected chi connectivity index (χ0v) is 20.5. The number of hydrogen-bond acceptors (Lipinski definition) is 3. The highest BCUT2D eigenvalue weighted by Gasteiger charge is 2.32. The highest BCUT2D eigenvalue weighted by Crippen LogP contribution is 2.33. The maximum atomic E-state index is 13.4. The lowest BCUT2D eigenvalue weighted by Gasteiger charge is -2.18. The molecule has 36 heavy (non-hydrogen) atoms. The number of alkyl halides is 3. The van der Waals surface area contributed by atoms with Crippen molar-refractivity contribution in [2.24, 2.45) is 0 Å². The molecule has 3 aromatic carbocycles. The SMILES string of the molecule is Cc1c(-c2ccccc2)nc2ccc(Br)cc2c1C(=O)NCC(C(=O)O)c1cccc(C(F)(F)F)c1. The van der Waals surface area contributed by atoms with Gasteiger partial charge in [0.25, 0.3) is 5.91 Å². The Hall–Kier alpha value is -3.72. The lowest BCUT2D eigenvalue weighted by molar-refractivity contribution is -0.140. The van der Waals surface area contributed by atoms with Gasteiger partial charge in [-0.05, 0) is 42.3 Å². The maximum Gasteiger partial charge on any atom is 0.416 e. The molecule has 0 radical (unpaired) electrons. The van der Waals surface area contributed by atoms with Crippen LogP contribution in [0.1, 0.15) is 33.0 Å². The highest BCUT2D eigenvalue weighted by molar-refractivity contribution is 9.10. The Morgan fingerprint density at radius 1 is 1.03 bits per heavy atom. The normalized spacial score (nSPS) is 12.4. The molecule has 0 spiro atoms. The van der Waals surface area contributed by atoms with Gasteiger partial charge in [-0.2, -0.15) is 13.2 Å². The molecule has 0 bridgehead atoms. The van der Waals surface area contributed by atoms with Crippen LogP contribution < -0.4 is 5.32 Å². The van der Waals surface area contributed by atoms with E-state index in [2.05, 4.69) is 21.2 Å². The number of nitrogens with one attached hydrogen (secondary N) is 1. The van der Waals surface area contributed by atoms with E-state index in [4.69, 9.17) is 4.98 Å². The molecule has 0 aliphatic rings. The summed E-state index contributed by atoms with van der Waals surface area (Å²) in [6.45, 7) is 1.36. The third-order valence-corrected chi connectivity index (χ3v) is 6.34. The Kier molecular flexibility index (Phi) is 7.12. The molecule has 0 saturated heterocycles. The molecular weight excluding hydrogens is 537 g/mol. The van der Waals surface area contributed by atoms with Gasteiger partial charge in [-0.15, -0.1) is 0 Å². The van der Waals surface area contributed by atoms with E-state index >= 15 is 0 Å². The van der Waals surface area contributed by atoms with Gasteiger partial charge in [0.1, 0.15) is 0 Å². The van der Waals surface area contributed by atoms with E-state index in [0.717, 1.165) is 28.2 Å². The summed E-state index contributed by atoms with van der Waals surface area (Å²) < 4.78 is 40.2. The number of carboxylic acid groups (broad SMARTS) is 1. The third kappa shape index (κ3) is 5.26. The molecule has 1 amide bonds. The molecule has 0 aliphatic carbocycles. The number of aliphatic carboxylic acids is 1. The van der Waals surface area contributed by atoms with Gasteiger partial charge in [-0.25, -0.2) is 4.98 Å². The van der Waals surface area contributed by atoms with Crippen molar-refractivity contribution in [1.82, 2.24) is 10.3 Å². The molecule has 4 aromatic rings. The van der Waals surface area contributed by atoms with Crippen LogP contribution >= 0.6 is 15.9 Å². The number of carbonyl (C=O) groups is 2. The summed E-state index contributed by atoms with van der Waals surface area (Å²) in [5, 5.41) is 12.9. The first-order chi connectivity index (χ1) is 17.1. The summed E-state index contributed by atoms with van der Waals surface area (Å²) in [6.07, 6.45) is -4.61. The Morgan fingerprint density at radius 3 is 2.42 bits per heavy atom. The number of carbonyl (C=O) groups excluding carboxylic acids is 1. The summed E-state index contributed by atoms with van der Waals surface area (Å²) in [5.41, 5.74) is 1.88. The fraction of sp³-hybridized carbons (Fsp3) is 0.148. The van der Waals surface area contributed by atoms with Gasteiger partial charge in [-0.1, -0.05) is 64.5 Å². The molecular formula is C27H20BrF3N2O3. The molecule has 1 unspecified atom stereocenters. The maximum absolute atomic E-state index is 13.4. The molecule has 9 heteroatoms. The second-order valence-corrected chi connectivity index (χ2v) is 9.13. The smallest absolute Gasteiger partial charge is 0.416 e. The Bertz CT molecular complexity index is 1460. The second kappa shape index (κ2) is 10.1. The minimum absolute atomic E-state index is 0.0540.